The lowest BCUT2D eigenvalue weighted by Gasteiger charge is -2.10. The summed E-state index contributed by atoms with van der Waals surface area (Å²) in [7, 11) is 0. The number of halogens is 1. The molecule has 29 heavy (non-hydrogen) atoms. The first-order chi connectivity index (χ1) is 14.0. The summed E-state index contributed by atoms with van der Waals surface area (Å²) >= 11 is 6.37. The minimum Gasteiger partial charge on any atom is -0.340 e. The van der Waals surface area contributed by atoms with Gasteiger partial charge in [0.15, 0.2) is 0 Å². The van der Waals surface area contributed by atoms with E-state index in [1.165, 1.54) is 6.08 Å². The van der Waals surface area contributed by atoms with Crippen LogP contribution >= 0.6 is 11.6 Å². The number of amides is 3. The Morgan fingerprint density at radius 2 is 1.83 bits per heavy atom. The number of imide groups is 1. The summed E-state index contributed by atoms with van der Waals surface area (Å²) in [6.45, 7) is 6.39. The second kappa shape index (κ2) is 7.60. The number of carbonyl (C=O) groups is 2. The van der Waals surface area contributed by atoms with E-state index in [2.05, 4.69) is 16.5 Å². The molecule has 2 heterocycles. The van der Waals surface area contributed by atoms with Crippen molar-refractivity contribution in [3.05, 3.63) is 88.7 Å². The number of carbonyl (C=O) groups excluding carboxylic acids is 2. The molecule has 0 aliphatic carbocycles. The molecule has 5 nitrogen and oxygen atoms in total. The van der Waals surface area contributed by atoms with E-state index >= 15 is 0 Å². The van der Waals surface area contributed by atoms with Crippen LogP contribution in [0.3, 0.4) is 0 Å². The van der Waals surface area contributed by atoms with Crippen LogP contribution in [0.4, 0.5) is 4.79 Å². The fraction of sp³-hybridized carbons (Fsp3) is 0.130. The smallest absolute Gasteiger partial charge is 0.329 e. The third-order valence-corrected chi connectivity index (χ3v) is 5.50. The van der Waals surface area contributed by atoms with Crippen LogP contribution in [0, 0.1) is 6.92 Å². The van der Waals surface area contributed by atoms with E-state index in [0.29, 0.717) is 11.6 Å². The summed E-state index contributed by atoms with van der Waals surface area (Å²) in [5, 5.41) is 4.39. The summed E-state index contributed by atoms with van der Waals surface area (Å²) in [6, 6.07) is 15.3. The van der Waals surface area contributed by atoms with Crippen molar-refractivity contribution in [2.45, 2.75) is 13.5 Å². The van der Waals surface area contributed by atoms with Gasteiger partial charge in [-0.05, 0) is 30.7 Å². The van der Waals surface area contributed by atoms with E-state index in [1.54, 1.807) is 6.08 Å². The van der Waals surface area contributed by atoms with Crippen molar-refractivity contribution in [1.82, 2.24) is 14.8 Å². The van der Waals surface area contributed by atoms with Gasteiger partial charge in [0.25, 0.3) is 5.91 Å². The quantitative estimate of drug-likeness (QED) is 0.379. The SMILES string of the molecule is C=CCN1C(=O)N/C(=C/c2c(C)n(Cc3ccccc3Cl)c3ccccc23)C1=O. The van der Waals surface area contributed by atoms with Crippen molar-refractivity contribution >= 4 is 40.5 Å². The molecule has 3 amide bonds. The van der Waals surface area contributed by atoms with Crippen molar-refractivity contribution in [1.29, 1.82) is 0 Å². The minimum atomic E-state index is -0.432. The van der Waals surface area contributed by atoms with Crippen molar-refractivity contribution in [3.63, 3.8) is 0 Å². The number of nitrogens with one attached hydrogen (secondary N) is 1. The molecular weight excluding hydrogens is 386 g/mol. The van der Waals surface area contributed by atoms with Crippen LogP contribution in [-0.4, -0.2) is 28.0 Å². The average Bonchev–Trinajstić information content (AvgIpc) is 3.13. The van der Waals surface area contributed by atoms with Gasteiger partial charge in [0.05, 0.1) is 0 Å². The highest BCUT2D eigenvalue weighted by Crippen LogP contribution is 2.30. The molecule has 0 unspecified atom stereocenters. The highest BCUT2D eigenvalue weighted by atomic mass is 35.5. The van der Waals surface area contributed by atoms with Gasteiger partial charge in [0.2, 0.25) is 0 Å². The van der Waals surface area contributed by atoms with Crippen molar-refractivity contribution in [2.24, 2.45) is 0 Å². The van der Waals surface area contributed by atoms with E-state index in [-0.39, 0.29) is 18.1 Å². The molecule has 3 aromatic rings. The van der Waals surface area contributed by atoms with E-state index in [1.807, 2.05) is 55.5 Å². The first-order valence-corrected chi connectivity index (χ1v) is 9.65. The lowest BCUT2D eigenvalue weighted by atomic mass is 10.1. The topological polar surface area (TPSA) is 54.3 Å². The molecule has 6 heteroatoms. The molecule has 1 saturated heterocycles. The first-order valence-electron chi connectivity index (χ1n) is 9.28. The number of fused-ring (bicyclic) bond motifs is 1. The molecule has 1 N–H and O–H groups in total. The normalized spacial score (nSPS) is 15.4. The predicted octanol–water partition coefficient (Wildman–Crippen LogP) is 4.73. The van der Waals surface area contributed by atoms with Gasteiger partial charge >= 0.3 is 6.03 Å². The second-order valence-corrected chi connectivity index (χ2v) is 7.29. The molecule has 1 fully saturated rings. The average molecular weight is 406 g/mol. The number of rotatable bonds is 5. The van der Waals surface area contributed by atoms with Gasteiger partial charge < -0.3 is 9.88 Å². The van der Waals surface area contributed by atoms with Gasteiger partial charge in [-0.3, -0.25) is 9.69 Å². The van der Waals surface area contributed by atoms with Gasteiger partial charge in [-0.1, -0.05) is 54.1 Å². The molecule has 0 atom stereocenters. The standard InChI is InChI=1S/C23H20ClN3O2/c1-3-12-26-22(28)20(25-23(26)29)13-18-15(2)27(21-11-7-5-9-17(18)21)14-16-8-4-6-10-19(16)24/h3-11,13H,1,12,14H2,2H3,(H,25,29)/b20-13+. The number of para-hydroxylation sites is 1. The maximum absolute atomic E-state index is 12.6. The molecule has 0 spiro atoms. The monoisotopic (exact) mass is 405 g/mol. The second-order valence-electron chi connectivity index (χ2n) is 6.89. The molecule has 1 aliphatic heterocycles. The summed E-state index contributed by atoms with van der Waals surface area (Å²) in [4.78, 5) is 25.8. The number of urea groups is 1. The molecule has 4 rings (SSSR count). The fourth-order valence-corrected chi connectivity index (χ4v) is 3.85. The van der Waals surface area contributed by atoms with E-state index in [4.69, 9.17) is 11.6 Å². The van der Waals surface area contributed by atoms with Crippen LogP contribution in [0.15, 0.2) is 66.9 Å². The molecule has 0 bridgehead atoms. The van der Waals surface area contributed by atoms with Crippen LogP contribution < -0.4 is 5.32 Å². The van der Waals surface area contributed by atoms with Crippen LogP contribution in [-0.2, 0) is 11.3 Å². The summed E-state index contributed by atoms with van der Waals surface area (Å²) in [5.41, 5.74) is 4.20. The Morgan fingerprint density at radius 3 is 2.59 bits per heavy atom. The van der Waals surface area contributed by atoms with Gasteiger partial charge in [0.1, 0.15) is 5.70 Å². The number of hydrogen-bond acceptors (Lipinski definition) is 2. The Morgan fingerprint density at radius 1 is 1.10 bits per heavy atom. The zero-order valence-electron chi connectivity index (χ0n) is 16.0. The fourth-order valence-electron chi connectivity index (χ4n) is 3.65. The van der Waals surface area contributed by atoms with Gasteiger partial charge in [-0.15, -0.1) is 6.58 Å². The minimum absolute atomic E-state index is 0.176. The van der Waals surface area contributed by atoms with Crippen molar-refractivity contribution in [3.8, 4) is 0 Å². The number of hydrogen-bond donors (Lipinski definition) is 1. The maximum atomic E-state index is 12.6. The molecule has 0 radical (unpaired) electrons. The summed E-state index contributed by atoms with van der Waals surface area (Å²) < 4.78 is 2.17. The largest absolute Gasteiger partial charge is 0.340 e. The Labute approximate surface area is 173 Å². The molecule has 1 aliphatic rings. The van der Waals surface area contributed by atoms with Crippen LogP contribution in [0.2, 0.25) is 5.02 Å². The Kier molecular flexibility index (Phi) is 4.99. The number of aromatic nitrogens is 1. The van der Waals surface area contributed by atoms with E-state index in [9.17, 15) is 9.59 Å². The highest BCUT2D eigenvalue weighted by molar-refractivity contribution is 6.31. The van der Waals surface area contributed by atoms with Crippen molar-refractivity contribution in [2.75, 3.05) is 6.54 Å². The zero-order chi connectivity index (χ0) is 20.5. The third kappa shape index (κ3) is 3.34. The van der Waals surface area contributed by atoms with Gasteiger partial charge in [0, 0.05) is 40.3 Å². The molecule has 0 saturated carbocycles. The van der Waals surface area contributed by atoms with E-state index < -0.39 is 6.03 Å². The van der Waals surface area contributed by atoms with Crippen molar-refractivity contribution < 1.29 is 9.59 Å². The van der Waals surface area contributed by atoms with Gasteiger partial charge in [-0.2, -0.15) is 0 Å². The number of nitrogens with zero attached hydrogens (tertiary/aromatic N) is 2. The third-order valence-electron chi connectivity index (χ3n) is 5.13. The zero-order valence-corrected chi connectivity index (χ0v) is 16.7. The van der Waals surface area contributed by atoms with Crippen LogP contribution in [0.5, 0.6) is 0 Å². The first kappa shape index (κ1) is 19.0. The molecule has 146 valence electrons. The maximum Gasteiger partial charge on any atom is 0.329 e. The molecule has 2 aromatic carbocycles. The van der Waals surface area contributed by atoms with Crippen LogP contribution in [0.25, 0.3) is 17.0 Å². The molecular formula is C23H20ClN3O2. The molecule has 1 aromatic heterocycles. The lowest BCUT2D eigenvalue weighted by molar-refractivity contribution is -0.122. The van der Waals surface area contributed by atoms with E-state index in [0.717, 1.165) is 32.6 Å². The Hall–Kier alpha value is -3.31. The lowest BCUT2D eigenvalue weighted by Crippen LogP contribution is -2.30. The van der Waals surface area contributed by atoms with Gasteiger partial charge in [-0.25, -0.2) is 4.79 Å². The number of benzene rings is 2. The Bertz CT molecular complexity index is 1180. The van der Waals surface area contributed by atoms with Crippen LogP contribution in [0.1, 0.15) is 16.8 Å². The predicted molar refractivity (Wildman–Crippen MR) is 116 cm³/mol. The highest BCUT2D eigenvalue weighted by Gasteiger charge is 2.33. The Balaban J connectivity index is 1.81. The summed E-state index contributed by atoms with van der Waals surface area (Å²) in [5.74, 6) is -0.350. The summed E-state index contributed by atoms with van der Waals surface area (Å²) in [6.07, 6.45) is 3.28.